The van der Waals surface area contributed by atoms with Gasteiger partial charge in [-0.3, -0.25) is 4.79 Å². The minimum Gasteiger partial charge on any atom is -0.467 e. The second-order valence-corrected chi connectivity index (χ2v) is 7.26. The lowest BCUT2D eigenvalue weighted by Crippen LogP contribution is -2.48. The van der Waals surface area contributed by atoms with E-state index in [1.807, 2.05) is 0 Å². The van der Waals surface area contributed by atoms with Gasteiger partial charge in [0.25, 0.3) is 0 Å². The third kappa shape index (κ3) is 3.70. The van der Waals surface area contributed by atoms with E-state index in [1.165, 1.54) is 32.8 Å². The van der Waals surface area contributed by atoms with Crippen LogP contribution in [0.4, 0.5) is 0 Å². The van der Waals surface area contributed by atoms with E-state index in [-0.39, 0.29) is 30.6 Å². The van der Waals surface area contributed by atoms with Gasteiger partial charge in [0.1, 0.15) is 12.6 Å². The van der Waals surface area contributed by atoms with Gasteiger partial charge in [-0.15, -0.1) is 0 Å². The summed E-state index contributed by atoms with van der Waals surface area (Å²) in [7, 11) is 1.41. The van der Waals surface area contributed by atoms with Crippen LogP contribution in [0.3, 0.4) is 0 Å². The summed E-state index contributed by atoms with van der Waals surface area (Å²) in [4.78, 5) is 26.7. The molecule has 1 heterocycles. The molecule has 23 heavy (non-hydrogen) atoms. The predicted octanol–water partition coefficient (Wildman–Crippen LogP) is 2.67. The summed E-state index contributed by atoms with van der Waals surface area (Å²) in [6, 6.07) is -0.203. The van der Waals surface area contributed by atoms with Crippen molar-refractivity contribution in [3.8, 4) is 0 Å². The van der Waals surface area contributed by atoms with Crippen LogP contribution in [0.1, 0.15) is 64.2 Å². The summed E-state index contributed by atoms with van der Waals surface area (Å²) in [5.41, 5.74) is 0. The molecular weight excluding hydrogens is 294 g/mol. The number of rotatable bonds is 4. The van der Waals surface area contributed by atoms with Gasteiger partial charge in [-0.25, -0.2) is 4.79 Å². The monoisotopic (exact) mass is 323 g/mol. The number of carbonyl (C=O) groups is 2. The predicted molar refractivity (Wildman–Crippen MR) is 85.8 cm³/mol. The number of methoxy groups -OCH3 is 1. The lowest BCUT2D eigenvalue weighted by atomic mass is 9.85. The maximum atomic E-state index is 12.8. The second kappa shape index (κ2) is 7.65. The maximum absolute atomic E-state index is 12.8. The molecule has 0 unspecified atom stereocenters. The van der Waals surface area contributed by atoms with E-state index >= 15 is 0 Å². The third-order valence-electron chi connectivity index (χ3n) is 5.84. The first-order valence-electron chi connectivity index (χ1n) is 9.21. The fourth-order valence-electron chi connectivity index (χ4n) is 4.66. The van der Waals surface area contributed by atoms with Crippen LogP contribution in [0, 0.1) is 5.92 Å². The number of carbonyl (C=O) groups excluding carboxylic acids is 2. The average molecular weight is 323 g/mol. The van der Waals surface area contributed by atoms with Crippen molar-refractivity contribution in [3.05, 3.63) is 0 Å². The molecule has 2 aliphatic carbocycles. The molecule has 3 rings (SSSR count). The maximum Gasteiger partial charge on any atom is 0.328 e. The molecule has 2 saturated carbocycles. The van der Waals surface area contributed by atoms with Gasteiger partial charge < -0.3 is 14.4 Å². The Balaban J connectivity index is 1.63. The van der Waals surface area contributed by atoms with Gasteiger partial charge in [0, 0.05) is 6.04 Å². The molecule has 0 aromatic heterocycles. The van der Waals surface area contributed by atoms with E-state index < -0.39 is 6.04 Å². The Labute approximate surface area is 138 Å². The van der Waals surface area contributed by atoms with E-state index in [0.29, 0.717) is 5.92 Å². The molecule has 3 fully saturated rings. The van der Waals surface area contributed by atoms with E-state index in [4.69, 9.17) is 9.47 Å². The van der Waals surface area contributed by atoms with Crippen molar-refractivity contribution < 1.29 is 19.1 Å². The molecule has 130 valence electrons. The fourth-order valence-corrected chi connectivity index (χ4v) is 4.66. The van der Waals surface area contributed by atoms with Gasteiger partial charge in [0.2, 0.25) is 5.91 Å². The molecule has 1 amide bonds. The molecule has 3 aliphatic rings. The number of nitrogens with zero attached hydrogens (tertiary/aromatic N) is 1. The van der Waals surface area contributed by atoms with Crippen LogP contribution < -0.4 is 0 Å². The minimum absolute atomic E-state index is 0.0274. The Morgan fingerprint density at radius 1 is 1.00 bits per heavy atom. The Bertz CT molecular complexity index is 433. The zero-order chi connectivity index (χ0) is 16.2. The molecule has 5 nitrogen and oxygen atoms in total. The highest BCUT2D eigenvalue weighted by Gasteiger charge is 2.47. The Morgan fingerprint density at radius 3 is 2.43 bits per heavy atom. The molecule has 3 atom stereocenters. The fraction of sp³-hybridized carbons (Fsp3) is 0.889. The van der Waals surface area contributed by atoms with E-state index in [9.17, 15) is 9.59 Å². The van der Waals surface area contributed by atoms with Gasteiger partial charge in [-0.05, 0) is 38.0 Å². The second-order valence-electron chi connectivity index (χ2n) is 7.26. The highest BCUT2D eigenvalue weighted by Crippen LogP contribution is 2.40. The largest absolute Gasteiger partial charge is 0.467 e. The molecule has 1 saturated heterocycles. The standard InChI is InChI=1S/C18H29NO4/c1-22-18(21)16-11-13-7-5-6-10-15(13)19(16)17(20)12-23-14-8-3-2-4-9-14/h13-16H,2-12H2,1H3/t13-,15+,16+/m1/s1. The van der Waals surface area contributed by atoms with E-state index in [0.717, 1.165) is 38.5 Å². The van der Waals surface area contributed by atoms with Gasteiger partial charge in [-0.2, -0.15) is 0 Å². The summed E-state index contributed by atoms with van der Waals surface area (Å²) < 4.78 is 10.8. The third-order valence-corrected chi connectivity index (χ3v) is 5.84. The number of fused-ring (bicyclic) bond motifs is 1. The van der Waals surface area contributed by atoms with Crippen LogP contribution in [0.5, 0.6) is 0 Å². The summed E-state index contributed by atoms with van der Waals surface area (Å²) in [5.74, 6) is 0.150. The van der Waals surface area contributed by atoms with Crippen LogP contribution in [-0.4, -0.2) is 48.7 Å². The normalized spacial score (nSPS) is 31.7. The van der Waals surface area contributed by atoms with Gasteiger partial charge in [0.15, 0.2) is 0 Å². The zero-order valence-corrected chi connectivity index (χ0v) is 14.2. The first kappa shape index (κ1) is 16.7. The van der Waals surface area contributed by atoms with Crippen molar-refractivity contribution in [3.63, 3.8) is 0 Å². The molecule has 5 heteroatoms. The Kier molecular flexibility index (Phi) is 5.57. The van der Waals surface area contributed by atoms with Gasteiger partial charge in [-0.1, -0.05) is 32.1 Å². The molecular formula is C18H29NO4. The van der Waals surface area contributed by atoms with Crippen LogP contribution in [0.2, 0.25) is 0 Å². The minimum atomic E-state index is -0.407. The lowest BCUT2D eigenvalue weighted by Gasteiger charge is -2.33. The molecule has 0 radical (unpaired) electrons. The van der Waals surface area contributed by atoms with Gasteiger partial charge in [0.05, 0.1) is 13.2 Å². The zero-order valence-electron chi connectivity index (χ0n) is 14.2. The topological polar surface area (TPSA) is 55.8 Å². The van der Waals surface area contributed by atoms with Crippen LogP contribution in [-0.2, 0) is 19.1 Å². The van der Waals surface area contributed by atoms with Crippen molar-refractivity contribution >= 4 is 11.9 Å². The number of amides is 1. The summed E-state index contributed by atoms with van der Waals surface area (Å²) >= 11 is 0. The summed E-state index contributed by atoms with van der Waals surface area (Å²) in [6.07, 6.45) is 11.2. The van der Waals surface area contributed by atoms with Crippen molar-refractivity contribution in [1.29, 1.82) is 0 Å². The molecule has 0 N–H and O–H groups in total. The van der Waals surface area contributed by atoms with Crippen LogP contribution in [0.25, 0.3) is 0 Å². The summed E-state index contributed by atoms with van der Waals surface area (Å²) in [5, 5.41) is 0. The van der Waals surface area contributed by atoms with Crippen LogP contribution >= 0.6 is 0 Å². The van der Waals surface area contributed by atoms with Crippen molar-refractivity contribution in [2.24, 2.45) is 5.92 Å². The molecule has 0 spiro atoms. The molecule has 0 aromatic carbocycles. The Morgan fingerprint density at radius 2 is 1.70 bits per heavy atom. The Hall–Kier alpha value is -1.10. The van der Waals surface area contributed by atoms with Crippen molar-refractivity contribution in [2.45, 2.75) is 82.4 Å². The van der Waals surface area contributed by atoms with Crippen molar-refractivity contribution in [1.82, 2.24) is 4.90 Å². The van der Waals surface area contributed by atoms with E-state index in [2.05, 4.69) is 0 Å². The number of likely N-dealkylation sites (tertiary alicyclic amines) is 1. The number of hydrogen-bond acceptors (Lipinski definition) is 4. The molecule has 1 aliphatic heterocycles. The average Bonchev–Trinajstić information content (AvgIpc) is 2.99. The highest BCUT2D eigenvalue weighted by molar-refractivity contribution is 5.86. The van der Waals surface area contributed by atoms with Crippen molar-refractivity contribution in [2.75, 3.05) is 13.7 Å². The number of ether oxygens (including phenoxy) is 2. The van der Waals surface area contributed by atoms with Crippen LogP contribution in [0.15, 0.2) is 0 Å². The molecule has 0 bridgehead atoms. The number of hydrogen-bond donors (Lipinski definition) is 0. The number of esters is 1. The first-order chi connectivity index (χ1) is 11.2. The lowest BCUT2D eigenvalue weighted by molar-refractivity contribution is -0.155. The van der Waals surface area contributed by atoms with E-state index in [1.54, 1.807) is 4.90 Å². The quantitative estimate of drug-likeness (QED) is 0.746. The molecule has 0 aromatic rings. The summed E-state index contributed by atoms with van der Waals surface area (Å²) in [6.45, 7) is 0.112. The smallest absolute Gasteiger partial charge is 0.328 e. The van der Waals surface area contributed by atoms with Gasteiger partial charge >= 0.3 is 5.97 Å². The SMILES string of the molecule is COC(=O)[C@@H]1C[C@H]2CCCC[C@@H]2N1C(=O)COC1CCCCC1. The first-order valence-corrected chi connectivity index (χ1v) is 9.21. The highest BCUT2D eigenvalue weighted by atomic mass is 16.5.